The third kappa shape index (κ3) is 8.98. The van der Waals surface area contributed by atoms with Gasteiger partial charge >= 0.3 is 6.09 Å². The van der Waals surface area contributed by atoms with Gasteiger partial charge in [-0.2, -0.15) is 0 Å². The van der Waals surface area contributed by atoms with Crippen molar-refractivity contribution in [2.24, 2.45) is 0 Å². The number of phenols is 1. The molecule has 6 rings (SSSR count). The number of aliphatic hydroxyl groups is 2. The van der Waals surface area contributed by atoms with Crippen LogP contribution in [0.3, 0.4) is 0 Å². The summed E-state index contributed by atoms with van der Waals surface area (Å²) in [6.07, 6.45) is -2.96. The quantitative estimate of drug-likeness (QED) is 0.154. The number of aliphatic hydroxyl groups excluding tert-OH is 2. The third-order valence-electron chi connectivity index (χ3n) is 8.92. The first-order chi connectivity index (χ1) is 24.7. The fraction of sp³-hybridized carbons (Fsp3) is 0.308. The number of nitrogens with zero attached hydrogens (tertiary/aromatic N) is 2. The topological polar surface area (TPSA) is 158 Å². The number of phenolic OH excluding ortho intramolecular Hbond substituents is 1. The number of amides is 3. The van der Waals surface area contributed by atoms with Crippen LogP contribution < -0.4 is 10.2 Å². The smallest absolute Gasteiger partial charge is 0.408 e. The zero-order chi connectivity index (χ0) is 35.9. The van der Waals surface area contributed by atoms with Crippen LogP contribution in [-0.4, -0.2) is 70.4 Å². The maximum atomic E-state index is 13.4. The van der Waals surface area contributed by atoms with E-state index in [2.05, 4.69) is 5.32 Å². The first kappa shape index (κ1) is 35.7. The molecule has 0 bridgehead atoms. The molecule has 4 aromatic rings. The van der Waals surface area contributed by atoms with Crippen molar-refractivity contribution >= 4 is 23.6 Å². The van der Waals surface area contributed by atoms with E-state index >= 15 is 0 Å². The van der Waals surface area contributed by atoms with Crippen molar-refractivity contribution in [3.8, 4) is 5.75 Å². The normalized spacial score (nSPS) is 21.1. The molecule has 5 unspecified atom stereocenters. The Morgan fingerprint density at radius 3 is 2.45 bits per heavy atom. The van der Waals surface area contributed by atoms with E-state index in [1.54, 1.807) is 42.5 Å². The van der Waals surface area contributed by atoms with E-state index in [0.717, 1.165) is 21.6 Å². The number of carbonyl (C=O) groups is 3. The summed E-state index contributed by atoms with van der Waals surface area (Å²) in [4.78, 5) is 42.0. The van der Waals surface area contributed by atoms with Gasteiger partial charge in [-0.3, -0.25) is 9.59 Å². The van der Waals surface area contributed by atoms with Gasteiger partial charge in [-0.1, -0.05) is 78.9 Å². The zero-order valence-electron chi connectivity index (χ0n) is 28.1. The number of imide groups is 1. The summed E-state index contributed by atoms with van der Waals surface area (Å²) >= 11 is 0. The third-order valence-corrected chi connectivity index (χ3v) is 8.92. The molecule has 2 saturated heterocycles. The molecule has 3 amide bonds. The average molecular weight is 696 g/mol. The van der Waals surface area contributed by atoms with E-state index in [1.165, 1.54) is 6.07 Å². The fourth-order valence-electron chi connectivity index (χ4n) is 6.32. The molecule has 0 saturated carbocycles. The second-order valence-electron chi connectivity index (χ2n) is 12.8. The van der Waals surface area contributed by atoms with Gasteiger partial charge in [-0.25, -0.2) is 9.69 Å². The van der Waals surface area contributed by atoms with Crippen molar-refractivity contribution < 1.29 is 43.9 Å². The van der Waals surface area contributed by atoms with Crippen LogP contribution in [0.2, 0.25) is 0 Å². The molecule has 12 nitrogen and oxygen atoms in total. The number of anilines is 1. The second-order valence-corrected chi connectivity index (χ2v) is 12.8. The summed E-state index contributed by atoms with van der Waals surface area (Å²) in [5.41, 5.74) is 3.94. The number of likely N-dealkylation sites (N-methyl/N-ethyl adjacent to an activating group) is 1. The molecule has 5 atom stereocenters. The molecule has 2 aliphatic heterocycles. The van der Waals surface area contributed by atoms with E-state index < -0.39 is 36.3 Å². The maximum Gasteiger partial charge on any atom is 0.408 e. The Labute approximate surface area is 295 Å². The van der Waals surface area contributed by atoms with Gasteiger partial charge in [0, 0.05) is 25.1 Å². The molecule has 0 radical (unpaired) electrons. The number of ether oxygens (including phenoxy) is 3. The number of aromatic hydroxyl groups is 1. The van der Waals surface area contributed by atoms with Crippen LogP contribution >= 0.6 is 0 Å². The van der Waals surface area contributed by atoms with Gasteiger partial charge in [0.25, 0.3) is 5.91 Å². The van der Waals surface area contributed by atoms with E-state index in [4.69, 9.17) is 14.2 Å². The average Bonchev–Trinajstić information content (AvgIpc) is 3.42. The first-order valence-electron chi connectivity index (χ1n) is 16.8. The van der Waals surface area contributed by atoms with Gasteiger partial charge in [0.05, 0.1) is 37.0 Å². The number of hydrogen-bond donors (Lipinski definition) is 4. The standard InChI is InChI=1S/C39H41N3O9/c1-41(22-34(45)28-9-6-12-31(44)18-28)21-32-19-35(27-15-13-25(23-43)14-16-27)51-38(50-32)29-10-5-11-30(17-29)42-36(46)20-33(37(42)47)40-39(48)49-24-26-7-3-2-4-8-26/h2-18,32-35,38,43-45H,19-24H2,1H3,(H,40,48). The minimum atomic E-state index is -1.08. The van der Waals surface area contributed by atoms with Crippen molar-refractivity contribution in [1.82, 2.24) is 10.2 Å². The lowest BCUT2D eigenvalue weighted by Gasteiger charge is -2.38. The van der Waals surface area contributed by atoms with Gasteiger partial charge in [0.2, 0.25) is 5.91 Å². The van der Waals surface area contributed by atoms with E-state index in [1.807, 2.05) is 66.5 Å². The Kier molecular flexibility index (Phi) is 11.4. The number of carbonyl (C=O) groups excluding carboxylic acids is 3. The summed E-state index contributed by atoms with van der Waals surface area (Å²) in [6.45, 7) is 0.667. The molecular weight excluding hydrogens is 654 g/mol. The van der Waals surface area contributed by atoms with Crippen molar-refractivity contribution in [2.75, 3.05) is 25.0 Å². The van der Waals surface area contributed by atoms with Gasteiger partial charge in [0.15, 0.2) is 6.29 Å². The summed E-state index contributed by atoms with van der Waals surface area (Å²) in [5.74, 6) is -0.971. The molecule has 0 aromatic heterocycles. The lowest BCUT2D eigenvalue weighted by Crippen LogP contribution is -2.42. The first-order valence-corrected chi connectivity index (χ1v) is 16.8. The van der Waals surface area contributed by atoms with Crippen molar-refractivity contribution in [1.29, 1.82) is 0 Å². The lowest BCUT2D eigenvalue weighted by molar-refractivity contribution is -0.252. The van der Waals surface area contributed by atoms with Gasteiger partial charge in [0.1, 0.15) is 18.4 Å². The Balaban J connectivity index is 1.16. The monoisotopic (exact) mass is 695 g/mol. The number of rotatable bonds is 12. The predicted molar refractivity (Wildman–Crippen MR) is 186 cm³/mol. The van der Waals surface area contributed by atoms with E-state index in [0.29, 0.717) is 29.8 Å². The molecule has 266 valence electrons. The van der Waals surface area contributed by atoms with Crippen LogP contribution in [0.5, 0.6) is 5.75 Å². The molecule has 2 heterocycles. The van der Waals surface area contributed by atoms with Crippen molar-refractivity contribution in [2.45, 2.75) is 56.7 Å². The van der Waals surface area contributed by atoms with Crippen molar-refractivity contribution in [3.63, 3.8) is 0 Å². The highest BCUT2D eigenvalue weighted by Gasteiger charge is 2.41. The van der Waals surface area contributed by atoms with Crippen LogP contribution in [0, 0.1) is 0 Å². The Hall–Kier alpha value is -5.11. The zero-order valence-corrected chi connectivity index (χ0v) is 28.1. The van der Waals surface area contributed by atoms with Gasteiger partial charge in [-0.15, -0.1) is 0 Å². The van der Waals surface area contributed by atoms with E-state index in [-0.39, 0.29) is 44.1 Å². The minimum absolute atomic E-state index is 0.0240. The molecule has 0 aliphatic carbocycles. The molecule has 2 fully saturated rings. The summed E-state index contributed by atoms with van der Waals surface area (Å²) in [5, 5.41) is 32.8. The molecule has 4 aromatic carbocycles. The largest absolute Gasteiger partial charge is 0.508 e. The van der Waals surface area contributed by atoms with Crippen LogP contribution in [0.1, 0.15) is 59.2 Å². The molecular formula is C39H41N3O9. The summed E-state index contributed by atoms with van der Waals surface area (Å²) < 4.78 is 18.2. The highest BCUT2D eigenvalue weighted by molar-refractivity contribution is 6.22. The molecule has 51 heavy (non-hydrogen) atoms. The molecule has 2 aliphatic rings. The van der Waals surface area contributed by atoms with Crippen LogP contribution in [0.15, 0.2) is 103 Å². The number of nitrogens with one attached hydrogen (secondary N) is 1. The highest BCUT2D eigenvalue weighted by Crippen LogP contribution is 2.39. The van der Waals surface area contributed by atoms with E-state index in [9.17, 15) is 29.7 Å². The van der Waals surface area contributed by atoms with Crippen LogP contribution in [-0.2, 0) is 37.0 Å². The van der Waals surface area contributed by atoms with Crippen LogP contribution in [0.4, 0.5) is 10.5 Å². The second kappa shape index (κ2) is 16.3. The van der Waals surface area contributed by atoms with Crippen molar-refractivity contribution in [3.05, 3.63) is 131 Å². The number of benzene rings is 4. The Morgan fingerprint density at radius 2 is 1.71 bits per heavy atom. The fourth-order valence-corrected chi connectivity index (χ4v) is 6.32. The Morgan fingerprint density at radius 1 is 0.941 bits per heavy atom. The summed E-state index contributed by atoms with van der Waals surface area (Å²) in [6, 6.07) is 28.8. The molecule has 4 N–H and O–H groups in total. The molecule has 12 heteroatoms. The lowest BCUT2D eigenvalue weighted by atomic mass is 9.99. The summed E-state index contributed by atoms with van der Waals surface area (Å²) in [7, 11) is 1.87. The SMILES string of the molecule is CN(CC1CC(c2ccc(CO)cc2)OC(c2cccc(N3C(=O)CC(NC(=O)OCc4ccccc4)C3=O)c2)O1)CC(O)c1cccc(O)c1. The van der Waals surface area contributed by atoms with Gasteiger partial charge < -0.3 is 39.7 Å². The maximum absolute atomic E-state index is 13.4. The number of hydrogen-bond acceptors (Lipinski definition) is 10. The number of alkyl carbamates (subject to hydrolysis) is 1. The Bertz CT molecular complexity index is 1820. The predicted octanol–water partition coefficient (Wildman–Crippen LogP) is 4.65. The minimum Gasteiger partial charge on any atom is -0.508 e. The molecule has 0 spiro atoms. The highest BCUT2D eigenvalue weighted by atomic mass is 16.7. The van der Waals surface area contributed by atoms with Crippen LogP contribution in [0.25, 0.3) is 0 Å². The van der Waals surface area contributed by atoms with Gasteiger partial charge in [-0.05, 0) is 53.6 Å².